The monoisotopic (exact) mass is 312 g/mol. The van der Waals surface area contributed by atoms with E-state index in [2.05, 4.69) is 28.6 Å². The van der Waals surface area contributed by atoms with E-state index in [0.29, 0.717) is 19.6 Å². The Kier molecular flexibility index (Phi) is 6.28. The highest BCUT2D eigenvalue weighted by molar-refractivity contribution is 9.10. The molecular weight excluding hydrogens is 300 g/mol. The number of nitrogens with zero attached hydrogens (tertiary/aromatic N) is 2. The lowest BCUT2D eigenvalue weighted by Gasteiger charge is -2.20. The zero-order chi connectivity index (χ0) is 12.7. The van der Waals surface area contributed by atoms with E-state index < -0.39 is 0 Å². The molecule has 90 valence electrons. The molecule has 1 atom stereocenters. The molecule has 0 bridgehead atoms. The molecule has 0 aromatic heterocycles. The maximum absolute atomic E-state index is 8.71. The van der Waals surface area contributed by atoms with E-state index in [-0.39, 0.29) is 5.38 Å². The Bertz CT molecular complexity index is 397. The molecule has 0 aliphatic carbocycles. The van der Waals surface area contributed by atoms with Gasteiger partial charge in [-0.15, -0.1) is 18.2 Å². The summed E-state index contributed by atoms with van der Waals surface area (Å²) < 4.78 is 1.03. The van der Waals surface area contributed by atoms with E-state index in [1.807, 2.05) is 29.2 Å². The molecule has 0 radical (unpaired) electrons. The maximum atomic E-state index is 8.71. The largest absolute Gasteiger partial charge is 0.285 e. The van der Waals surface area contributed by atoms with Gasteiger partial charge in [0.2, 0.25) is 0 Å². The Hall–Kier alpha value is -0.820. The van der Waals surface area contributed by atoms with Gasteiger partial charge in [-0.3, -0.25) is 4.90 Å². The topological polar surface area (TPSA) is 27.0 Å². The van der Waals surface area contributed by atoms with Crippen molar-refractivity contribution in [2.75, 3.05) is 19.6 Å². The molecule has 1 aromatic carbocycles. The van der Waals surface area contributed by atoms with E-state index in [1.54, 1.807) is 6.08 Å². The van der Waals surface area contributed by atoms with Gasteiger partial charge in [0.25, 0.3) is 0 Å². The molecule has 0 spiro atoms. The Labute approximate surface area is 116 Å². The number of hydrogen-bond acceptors (Lipinski definition) is 2. The number of rotatable bonds is 6. The molecule has 0 amide bonds. The molecule has 0 saturated heterocycles. The van der Waals surface area contributed by atoms with Crippen molar-refractivity contribution in [1.82, 2.24) is 4.90 Å². The van der Waals surface area contributed by atoms with Crippen molar-refractivity contribution in [2.24, 2.45) is 0 Å². The lowest BCUT2D eigenvalue weighted by Crippen LogP contribution is -2.27. The predicted molar refractivity (Wildman–Crippen MR) is 75.0 cm³/mol. The normalized spacial score (nSPS) is 12.1. The van der Waals surface area contributed by atoms with Crippen molar-refractivity contribution in [3.05, 3.63) is 47.0 Å². The van der Waals surface area contributed by atoms with Crippen LogP contribution in [0.5, 0.6) is 0 Å². The van der Waals surface area contributed by atoms with Gasteiger partial charge < -0.3 is 0 Å². The lowest BCUT2D eigenvalue weighted by molar-refractivity contribution is 0.339. The number of nitriles is 1. The van der Waals surface area contributed by atoms with Gasteiger partial charge in [0, 0.05) is 17.6 Å². The SMILES string of the molecule is C=CCN(CC#N)CC(Cl)c1ccc(Br)cc1. The van der Waals surface area contributed by atoms with Gasteiger partial charge in [-0.1, -0.05) is 34.1 Å². The number of alkyl halides is 1. The van der Waals surface area contributed by atoms with Crippen LogP contribution >= 0.6 is 27.5 Å². The van der Waals surface area contributed by atoms with E-state index in [1.165, 1.54) is 0 Å². The third-order valence-corrected chi connectivity index (χ3v) is 3.25. The first-order valence-corrected chi connectivity index (χ1v) is 6.50. The zero-order valence-electron chi connectivity index (χ0n) is 9.44. The number of benzene rings is 1. The summed E-state index contributed by atoms with van der Waals surface area (Å²) >= 11 is 9.71. The minimum absolute atomic E-state index is 0.114. The molecule has 17 heavy (non-hydrogen) atoms. The minimum Gasteiger partial charge on any atom is -0.285 e. The van der Waals surface area contributed by atoms with E-state index in [4.69, 9.17) is 16.9 Å². The van der Waals surface area contributed by atoms with Gasteiger partial charge in [-0.25, -0.2) is 0 Å². The first kappa shape index (κ1) is 14.2. The second-order valence-corrected chi connectivity index (χ2v) is 5.10. The summed E-state index contributed by atoms with van der Waals surface area (Å²) in [4.78, 5) is 1.96. The van der Waals surface area contributed by atoms with Crippen LogP contribution in [0.1, 0.15) is 10.9 Å². The highest BCUT2D eigenvalue weighted by atomic mass is 79.9. The molecule has 1 unspecified atom stereocenters. The average molecular weight is 314 g/mol. The molecule has 1 rings (SSSR count). The smallest absolute Gasteiger partial charge is 0.0869 e. The summed E-state index contributed by atoms with van der Waals surface area (Å²) in [6.07, 6.45) is 1.78. The number of hydrogen-bond donors (Lipinski definition) is 0. The summed E-state index contributed by atoms with van der Waals surface area (Å²) in [5.74, 6) is 0. The van der Waals surface area contributed by atoms with Crippen LogP contribution in [0.15, 0.2) is 41.4 Å². The van der Waals surface area contributed by atoms with Crippen LogP contribution in [0.4, 0.5) is 0 Å². The minimum atomic E-state index is -0.114. The van der Waals surface area contributed by atoms with Crippen LogP contribution in [0.3, 0.4) is 0 Å². The van der Waals surface area contributed by atoms with E-state index >= 15 is 0 Å². The van der Waals surface area contributed by atoms with Gasteiger partial charge in [0.05, 0.1) is 18.0 Å². The summed E-state index contributed by atoms with van der Waals surface area (Å²) in [6, 6.07) is 10.0. The van der Waals surface area contributed by atoms with Gasteiger partial charge in [0.15, 0.2) is 0 Å². The summed E-state index contributed by atoms with van der Waals surface area (Å²) in [7, 11) is 0. The Balaban J connectivity index is 2.63. The molecule has 2 nitrogen and oxygen atoms in total. The van der Waals surface area contributed by atoms with Crippen LogP contribution in [0, 0.1) is 11.3 Å². The van der Waals surface area contributed by atoms with E-state index in [0.717, 1.165) is 10.0 Å². The second-order valence-electron chi connectivity index (χ2n) is 3.66. The third kappa shape index (κ3) is 4.91. The molecule has 0 saturated carbocycles. The quantitative estimate of drug-likeness (QED) is 0.454. The van der Waals surface area contributed by atoms with Crippen molar-refractivity contribution in [3.63, 3.8) is 0 Å². The average Bonchev–Trinajstić information content (AvgIpc) is 2.30. The Morgan fingerprint density at radius 2 is 2.12 bits per heavy atom. The highest BCUT2D eigenvalue weighted by Crippen LogP contribution is 2.23. The fraction of sp³-hybridized carbons (Fsp3) is 0.308. The predicted octanol–water partition coefficient (Wildman–Crippen LogP) is 3.74. The zero-order valence-corrected chi connectivity index (χ0v) is 11.8. The molecule has 0 fully saturated rings. The van der Waals surface area contributed by atoms with Crippen molar-refractivity contribution in [1.29, 1.82) is 5.26 Å². The standard InChI is InChI=1S/C13H14BrClN2/c1-2-8-17(9-7-16)10-13(15)11-3-5-12(14)6-4-11/h2-6,13H,1,8-10H2. The number of halogens is 2. The molecule has 0 aliphatic rings. The van der Waals surface area contributed by atoms with Crippen molar-refractivity contribution in [3.8, 4) is 6.07 Å². The summed E-state index contributed by atoms with van der Waals surface area (Å²) in [6.45, 7) is 5.36. The molecule has 0 aliphatic heterocycles. The molecular formula is C13H14BrClN2. The fourth-order valence-corrected chi connectivity index (χ4v) is 2.09. The van der Waals surface area contributed by atoms with Crippen LogP contribution in [0.2, 0.25) is 0 Å². The third-order valence-electron chi connectivity index (χ3n) is 2.33. The first-order valence-electron chi connectivity index (χ1n) is 5.27. The van der Waals surface area contributed by atoms with Crippen LogP contribution < -0.4 is 0 Å². The highest BCUT2D eigenvalue weighted by Gasteiger charge is 2.12. The van der Waals surface area contributed by atoms with Gasteiger partial charge in [-0.2, -0.15) is 5.26 Å². The second kappa shape index (κ2) is 7.50. The van der Waals surface area contributed by atoms with Crippen LogP contribution in [0.25, 0.3) is 0 Å². The molecule has 0 heterocycles. The maximum Gasteiger partial charge on any atom is 0.0869 e. The molecule has 0 N–H and O–H groups in total. The summed E-state index contributed by atoms with van der Waals surface area (Å²) in [5.41, 5.74) is 1.06. The molecule has 1 aromatic rings. The molecule has 4 heteroatoms. The van der Waals surface area contributed by atoms with Gasteiger partial charge in [-0.05, 0) is 17.7 Å². The summed E-state index contributed by atoms with van der Waals surface area (Å²) in [5, 5.41) is 8.59. The fourth-order valence-electron chi connectivity index (χ4n) is 1.49. The first-order chi connectivity index (χ1) is 8.17. The van der Waals surface area contributed by atoms with Crippen molar-refractivity contribution in [2.45, 2.75) is 5.38 Å². The van der Waals surface area contributed by atoms with Crippen molar-refractivity contribution < 1.29 is 0 Å². The van der Waals surface area contributed by atoms with Gasteiger partial charge in [0.1, 0.15) is 0 Å². The van der Waals surface area contributed by atoms with Crippen molar-refractivity contribution >= 4 is 27.5 Å². The Morgan fingerprint density at radius 1 is 1.47 bits per heavy atom. The van der Waals surface area contributed by atoms with E-state index in [9.17, 15) is 0 Å². The Morgan fingerprint density at radius 3 is 2.65 bits per heavy atom. The van der Waals surface area contributed by atoms with Crippen LogP contribution in [-0.2, 0) is 0 Å². The van der Waals surface area contributed by atoms with Gasteiger partial charge >= 0.3 is 0 Å². The van der Waals surface area contributed by atoms with Crippen LogP contribution in [-0.4, -0.2) is 24.5 Å². The lowest BCUT2D eigenvalue weighted by atomic mass is 10.1.